The fourth-order valence-corrected chi connectivity index (χ4v) is 2.93. The molecule has 0 spiro atoms. The van der Waals surface area contributed by atoms with Gasteiger partial charge in [0.05, 0.1) is 5.56 Å². The Morgan fingerprint density at radius 1 is 0.846 bits per heavy atom. The molecule has 0 bridgehead atoms. The number of hydrogen-bond donors (Lipinski definition) is 1. The first-order chi connectivity index (χ1) is 12.6. The van der Waals surface area contributed by atoms with Crippen LogP contribution in [0.2, 0.25) is 0 Å². The molecule has 26 heavy (non-hydrogen) atoms. The molecule has 1 aromatic heterocycles. The monoisotopic (exact) mass is 353 g/mol. The van der Waals surface area contributed by atoms with Gasteiger partial charge in [0.1, 0.15) is 5.69 Å². The van der Waals surface area contributed by atoms with Gasteiger partial charge in [-0.2, -0.15) is 0 Å². The predicted molar refractivity (Wildman–Crippen MR) is 94.1 cm³/mol. The Labute approximate surface area is 150 Å². The first-order valence-corrected chi connectivity index (χ1v) is 8.39. The maximum absolute atomic E-state index is 12.6. The normalized spacial score (nSPS) is 14.6. The lowest BCUT2D eigenvalue weighted by Crippen LogP contribution is -2.37. The lowest BCUT2D eigenvalue weighted by Gasteiger charge is -2.22. The zero-order chi connectivity index (χ0) is 18.5. The number of carbonyl (C=O) groups excluding carboxylic acids is 2. The highest BCUT2D eigenvalue weighted by atomic mass is 16.4. The van der Waals surface area contributed by atoms with E-state index in [0.717, 1.165) is 0 Å². The molecular formula is C19H19N3O4. The molecule has 1 aliphatic rings. The van der Waals surface area contributed by atoms with Crippen LogP contribution in [0, 0.1) is 0 Å². The standard InChI is InChI=1S/C19H19N3O4/c23-17(14-5-2-1-3-6-14)21-9-4-10-22(12-11-21)18(24)16-13-15(19(25)26)7-8-20-16/h1-3,5-8,13H,4,9-12H2,(H,25,26). The van der Waals surface area contributed by atoms with Crippen LogP contribution in [0.3, 0.4) is 0 Å². The average molecular weight is 353 g/mol. The Hall–Kier alpha value is -3.22. The minimum absolute atomic E-state index is 0.0269. The molecule has 1 saturated heterocycles. The lowest BCUT2D eigenvalue weighted by atomic mass is 10.2. The van der Waals surface area contributed by atoms with Gasteiger partial charge in [-0.15, -0.1) is 0 Å². The molecule has 0 aliphatic carbocycles. The van der Waals surface area contributed by atoms with Crippen molar-refractivity contribution < 1.29 is 19.5 Å². The Balaban J connectivity index is 1.68. The van der Waals surface area contributed by atoms with Gasteiger partial charge in [0.25, 0.3) is 11.8 Å². The van der Waals surface area contributed by atoms with Crippen molar-refractivity contribution in [1.29, 1.82) is 0 Å². The largest absolute Gasteiger partial charge is 0.478 e. The van der Waals surface area contributed by atoms with Gasteiger partial charge in [-0.05, 0) is 30.7 Å². The molecular weight excluding hydrogens is 334 g/mol. The van der Waals surface area contributed by atoms with Crippen molar-refractivity contribution in [2.75, 3.05) is 26.2 Å². The Morgan fingerprint density at radius 3 is 2.15 bits per heavy atom. The highest BCUT2D eigenvalue weighted by Crippen LogP contribution is 2.12. The zero-order valence-corrected chi connectivity index (χ0v) is 14.2. The van der Waals surface area contributed by atoms with E-state index in [2.05, 4.69) is 4.98 Å². The number of nitrogens with zero attached hydrogens (tertiary/aromatic N) is 3. The fourth-order valence-electron chi connectivity index (χ4n) is 2.93. The van der Waals surface area contributed by atoms with Gasteiger partial charge in [-0.25, -0.2) is 4.79 Å². The molecule has 0 atom stereocenters. The summed E-state index contributed by atoms with van der Waals surface area (Å²) in [7, 11) is 0. The van der Waals surface area contributed by atoms with Crippen LogP contribution in [0.1, 0.15) is 37.6 Å². The number of pyridine rings is 1. The van der Waals surface area contributed by atoms with Crippen LogP contribution in [-0.4, -0.2) is 63.9 Å². The number of carboxylic acids is 1. The van der Waals surface area contributed by atoms with Crippen molar-refractivity contribution in [3.05, 3.63) is 65.5 Å². The Morgan fingerprint density at radius 2 is 1.50 bits per heavy atom. The highest BCUT2D eigenvalue weighted by Gasteiger charge is 2.24. The third-order valence-corrected chi connectivity index (χ3v) is 4.32. The zero-order valence-electron chi connectivity index (χ0n) is 14.2. The minimum atomic E-state index is -1.10. The van der Waals surface area contributed by atoms with Crippen LogP contribution in [0.25, 0.3) is 0 Å². The van der Waals surface area contributed by atoms with E-state index < -0.39 is 5.97 Å². The molecule has 7 heteroatoms. The summed E-state index contributed by atoms with van der Waals surface area (Å²) in [6, 6.07) is 11.7. The van der Waals surface area contributed by atoms with E-state index in [1.54, 1.807) is 21.9 Å². The third kappa shape index (κ3) is 3.88. The van der Waals surface area contributed by atoms with Gasteiger partial charge in [-0.3, -0.25) is 14.6 Å². The second kappa shape index (κ2) is 7.77. The van der Waals surface area contributed by atoms with Crippen molar-refractivity contribution in [3.63, 3.8) is 0 Å². The molecule has 7 nitrogen and oxygen atoms in total. The number of benzene rings is 1. The summed E-state index contributed by atoms with van der Waals surface area (Å²) >= 11 is 0. The van der Waals surface area contributed by atoms with Crippen LogP contribution in [0.5, 0.6) is 0 Å². The van der Waals surface area contributed by atoms with Crippen molar-refractivity contribution in [3.8, 4) is 0 Å². The number of carboxylic acid groups (broad SMARTS) is 1. The van der Waals surface area contributed by atoms with Gasteiger partial charge in [0, 0.05) is 37.9 Å². The molecule has 2 aromatic rings. The van der Waals surface area contributed by atoms with Gasteiger partial charge in [0.2, 0.25) is 0 Å². The van der Waals surface area contributed by atoms with E-state index in [1.807, 2.05) is 18.2 Å². The van der Waals surface area contributed by atoms with E-state index in [4.69, 9.17) is 5.11 Å². The summed E-state index contributed by atoms with van der Waals surface area (Å²) in [6.45, 7) is 1.88. The first kappa shape index (κ1) is 17.6. The first-order valence-electron chi connectivity index (χ1n) is 8.39. The second-order valence-corrected chi connectivity index (χ2v) is 6.04. The van der Waals surface area contributed by atoms with E-state index in [-0.39, 0.29) is 23.1 Å². The second-order valence-electron chi connectivity index (χ2n) is 6.04. The number of aromatic nitrogens is 1. The summed E-state index contributed by atoms with van der Waals surface area (Å²) < 4.78 is 0. The van der Waals surface area contributed by atoms with E-state index >= 15 is 0 Å². The molecule has 0 saturated carbocycles. The van der Waals surface area contributed by atoms with Crippen LogP contribution < -0.4 is 0 Å². The lowest BCUT2D eigenvalue weighted by molar-refractivity contribution is 0.0694. The average Bonchev–Trinajstić information content (AvgIpc) is 2.94. The molecule has 134 valence electrons. The van der Waals surface area contributed by atoms with Crippen molar-refractivity contribution in [2.45, 2.75) is 6.42 Å². The molecule has 0 unspecified atom stereocenters. The van der Waals surface area contributed by atoms with E-state index in [0.29, 0.717) is 38.2 Å². The van der Waals surface area contributed by atoms with Crippen LogP contribution in [0.4, 0.5) is 0 Å². The van der Waals surface area contributed by atoms with Gasteiger partial charge in [-0.1, -0.05) is 18.2 Å². The van der Waals surface area contributed by atoms with Gasteiger partial charge in [0.15, 0.2) is 0 Å². The van der Waals surface area contributed by atoms with Crippen molar-refractivity contribution in [2.24, 2.45) is 0 Å². The molecule has 2 heterocycles. The van der Waals surface area contributed by atoms with Crippen LogP contribution in [-0.2, 0) is 0 Å². The number of hydrogen-bond acceptors (Lipinski definition) is 4. The number of carbonyl (C=O) groups is 3. The van der Waals surface area contributed by atoms with Crippen molar-refractivity contribution >= 4 is 17.8 Å². The summed E-state index contributed by atoms with van der Waals surface area (Å²) in [5.74, 6) is -1.47. The Kier molecular flexibility index (Phi) is 5.26. The van der Waals surface area contributed by atoms with E-state index in [9.17, 15) is 14.4 Å². The van der Waals surface area contributed by atoms with Gasteiger partial charge < -0.3 is 14.9 Å². The molecule has 1 aliphatic heterocycles. The molecule has 0 radical (unpaired) electrons. The summed E-state index contributed by atoms with van der Waals surface area (Å²) in [6.07, 6.45) is 1.97. The maximum atomic E-state index is 12.6. The molecule has 1 N–H and O–H groups in total. The minimum Gasteiger partial charge on any atom is -0.478 e. The Bertz CT molecular complexity index is 823. The number of rotatable bonds is 3. The smallest absolute Gasteiger partial charge is 0.335 e. The summed E-state index contributed by atoms with van der Waals surface area (Å²) in [4.78, 5) is 43.6. The molecule has 2 amide bonds. The molecule has 1 fully saturated rings. The third-order valence-electron chi connectivity index (χ3n) is 4.32. The topological polar surface area (TPSA) is 90.8 Å². The fraction of sp³-hybridized carbons (Fsp3) is 0.263. The van der Waals surface area contributed by atoms with Crippen molar-refractivity contribution in [1.82, 2.24) is 14.8 Å². The quantitative estimate of drug-likeness (QED) is 0.908. The van der Waals surface area contributed by atoms with Gasteiger partial charge >= 0.3 is 5.97 Å². The number of aromatic carboxylic acids is 1. The van der Waals surface area contributed by atoms with E-state index in [1.165, 1.54) is 18.3 Å². The SMILES string of the molecule is O=C(O)c1ccnc(C(=O)N2CCCN(C(=O)c3ccccc3)CC2)c1. The predicted octanol–water partition coefficient (Wildman–Crippen LogP) is 1.77. The molecule has 3 rings (SSSR count). The maximum Gasteiger partial charge on any atom is 0.335 e. The highest BCUT2D eigenvalue weighted by molar-refractivity contribution is 5.96. The summed E-state index contributed by atoms with van der Waals surface area (Å²) in [5, 5.41) is 9.05. The molecule has 1 aromatic carbocycles. The van der Waals surface area contributed by atoms with Crippen LogP contribution >= 0.6 is 0 Å². The van der Waals surface area contributed by atoms with Crippen LogP contribution in [0.15, 0.2) is 48.7 Å². The number of amides is 2. The summed E-state index contributed by atoms with van der Waals surface area (Å²) in [5.41, 5.74) is 0.759.